The van der Waals surface area contributed by atoms with Gasteiger partial charge in [0.25, 0.3) is 0 Å². The summed E-state index contributed by atoms with van der Waals surface area (Å²) in [6.45, 7) is 8.69. The Balaban J connectivity index is 1.76. The second-order valence-corrected chi connectivity index (χ2v) is 7.62. The minimum absolute atomic E-state index is 0.284. The molecule has 0 fully saturated rings. The Morgan fingerprint density at radius 1 is 1.21 bits per heavy atom. The van der Waals surface area contributed by atoms with E-state index in [1.165, 1.54) is 23.4 Å². The quantitative estimate of drug-likeness (QED) is 0.346. The van der Waals surface area contributed by atoms with E-state index in [-0.39, 0.29) is 12.4 Å². The van der Waals surface area contributed by atoms with Crippen molar-refractivity contribution in [3.63, 3.8) is 0 Å². The van der Waals surface area contributed by atoms with Crippen LogP contribution in [-0.4, -0.2) is 14.8 Å². The molecule has 4 nitrogen and oxygen atoms in total. The zero-order valence-corrected chi connectivity index (χ0v) is 17.4. The molecule has 28 heavy (non-hydrogen) atoms. The minimum atomic E-state index is -0.326. The maximum absolute atomic E-state index is 14.0. The van der Waals surface area contributed by atoms with Gasteiger partial charge in [0.15, 0.2) is 11.0 Å². The molecule has 7 heteroatoms. The number of hydrogen-bond donors (Lipinski definition) is 0. The summed E-state index contributed by atoms with van der Waals surface area (Å²) in [5.74, 6) is 1.54. The summed E-state index contributed by atoms with van der Waals surface area (Å²) in [4.78, 5) is 0. The van der Waals surface area contributed by atoms with Crippen molar-refractivity contribution in [2.45, 2.75) is 37.9 Å². The highest BCUT2D eigenvalue weighted by Gasteiger charge is 2.15. The van der Waals surface area contributed by atoms with Crippen molar-refractivity contribution in [2.75, 3.05) is 0 Å². The first kappa shape index (κ1) is 20.4. The molecule has 0 atom stereocenters. The monoisotopic (exact) mass is 417 g/mol. The third-order valence-electron chi connectivity index (χ3n) is 4.42. The zero-order chi connectivity index (χ0) is 20.1. The fourth-order valence-electron chi connectivity index (χ4n) is 2.67. The predicted octanol–water partition coefficient (Wildman–Crippen LogP) is 5.74. The molecule has 146 valence electrons. The second kappa shape index (κ2) is 9.26. The van der Waals surface area contributed by atoms with Crippen LogP contribution < -0.4 is 4.74 Å². The first-order valence-corrected chi connectivity index (χ1v) is 10.1. The van der Waals surface area contributed by atoms with Crippen LogP contribution in [0.5, 0.6) is 5.75 Å². The molecule has 0 unspecified atom stereocenters. The molecule has 0 aliphatic heterocycles. The van der Waals surface area contributed by atoms with E-state index in [4.69, 9.17) is 16.3 Å². The molecule has 3 aromatic rings. The third kappa shape index (κ3) is 4.56. The molecular weight excluding hydrogens is 397 g/mol. The molecule has 1 heterocycles. The number of halogens is 2. The van der Waals surface area contributed by atoms with E-state index >= 15 is 0 Å². The van der Waals surface area contributed by atoms with E-state index in [0.29, 0.717) is 33.9 Å². The van der Waals surface area contributed by atoms with Gasteiger partial charge in [-0.05, 0) is 43.2 Å². The molecule has 0 aliphatic carbocycles. The van der Waals surface area contributed by atoms with Gasteiger partial charge in [0.1, 0.15) is 18.2 Å². The molecule has 3 rings (SSSR count). The maximum Gasteiger partial charge on any atom is 0.191 e. The Morgan fingerprint density at radius 3 is 2.75 bits per heavy atom. The Bertz CT molecular complexity index is 970. The summed E-state index contributed by atoms with van der Waals surface area (Å²) in [5.41, 5.74) is 2.72. The standard InChI is InChI=1S/C21H21ClFN3OS/c1-4-11-26-20(12-27-19-10-5-7-14(2)15(19)3)24-25-21(26)28-13-16-17(22)8-6-9-18(16)23/h4-10H,1,11-13H2,2-3H3. The van der Waals surface area contributed by atoms with Crippen LogP contribution in [0.15, 0.2) is 54.2 Å². The molecule has 0 saturated carbocycles. The zero-order valence-electron chi connectivity index (χ0n) is 15.8. The van der Waals surface area contributed by atoms with Crippen molar-refractivity contribution in [2.24, 2.45) is 0 Å². The van der Waals surface area contributed by atoms with E-state index in [9.17, 15) is 4.39 Å². The first-order chi connectivity index (χ1) is 13.5. The molecule has 0 N–H and O–H groups in total. The number of aryl methyl sites for hydroxylation is 1. The molecule has 2 aromatic carbocycles. The number of benzene rings is 2. The number of rotatable bonds is 8. The average Bonchev–Trinajstić information content (AvgIpc) is 3.05. The van der Waals surface area contributed by atoms with Crippen LogP contribution in [0.25, 0.3) is 0 Å². The third-order valence-corrected chi connectivity index (χ3v) is 5.77. The van der Waals surface area contributed by atoms with Crippen LogP contribution in [0.4, 0.5) is 4.39 Å². The number of allylic oxidation sites excluding steroid dienone is 1. The maximum atomic E-state index is 14.0. The van der Waals surface area contributed by atoms with Gasteiger partial charge in [-0.25, -0.2) is 4.39 Å². The van der Waals surface area contributed by atoms with E-state index in [2.05, 4.69) is 16.8 Å². The van der Waals surface area contributed by atoms with Crippen LogP contribution in [0.3, 0.4) is 0 Å². The summed E-state index contributed by atoms with van der Waals surface area (Å²) in [6, 6.07) is 10.6. The molecule has 0 radical (unpaired) electrons. The SMILES string of the molecule is C=CCn1c(COc2cccc(C)c2C)nnc1SCc1c(F)cccc1Cl. The predicted molar refractivity (Wildman–Crippen MR) is 111 cm³/mol. The highest BCUT2D eigenvalue weighted by Crippen LogP contribution is 2.28. The van der Waals surface area contributed by atoms with Gasteiger partial charge in [0.2, 0.25) is 0 Å². The van der Waals surface area contributed by atoms with Gasteiger partial charge in [-0.2, -0.15) is 0 Å². The van der Waals surface area contributed by atoms with Crippen molar-refractivity contribution >= 4 is 23.4 Å². The summed E-state index contributed by atoms with van der Waals surface area (Å²) in [5, 5.41) is 9.56. The smallest absolute Gasteiger partial charge is 0.191 e. The van der Waals surface area contributed by atoms with Gasteiger partial charge in [-0.15, -0.1) is 16.8 Å². The number of nitrogens with zero attached hydrogens (tertiary/aromatic N) is 3. The van der Waals surface area contributed by atoms with Gasteiger partial charge in [-0.1, -0.05) is 47.6 Å². The topological polar surface area (TPSA) is 39.9 Å². The van der Waals surface area contributed by atoms with Crippen molar-refractivity contribution < 1.29 is 9.13 Å². The fourth-order valence-corrected chi connectivity index (χ4v) is 3.98. The summed E-state index contributed by atoms with van der Waals surface area (Å²) < 4.78 is 21.9. The van der Waals surface area contributed by atoms with Crippen LogP contribution in [0.2, 0.25) is 5.02 Å². The van der Waals surface area contributed by atoms with Crippen LogP contribution in [-0.2, 0) is 18.9 Å². The molecule has 0 saturated heterocycles. The second-order valence-electron chi connectivity index (χ2n) is 6.27. The highest BCUT2D eigenvalue weighted by molar-refractivity contribution is 7.98. The van der Waals surface area contributed by atoms with Crippen LogP contribution in [0.1, 0.15) is 22.5 Å². The first-order valence-electron chi connectivity index (χ1n) is 8.79. The normalized spacial score (nSPS) is 10.9. The van der Waals surface area contributed by atoms with Crippen molar-refractivity contribution in [3.05, 3.63) is 82.4 Å². The number of thioether (sulfide) groups is 1. The molecule has 0 amide bonds. The van der Waals surface area contributed by atoms with Gasteiger partial charge in [0, 0.05) is 22.9 Å². The van der Waals surface area contributed by atoms with Crippen molar-refractivity contribution in [3.8, 4) is 5.75 Å². The lowest BCUT2D eigenvalue weighted by molar-refractivity contribution is 0.287. The number of ether oxygens (including phenoxy) is 1. The van der Waals surface area contributed by atoms with E-state index < -0.39 is 0 Å². The van der Waals surface area contributed by atoms with Gasteiger partial charge < -0.3 is 4.74 Å². The Kier molecular flexibility index (Phi) is 6.75. The van der Waals surface area contributed by atoms with E-state index in [0.717, 1.165) is 11.3 Å². The van der Waals surface area contributed by atoms with E-state index in [1.54, 1.807) is 18.2 Å². The van der Waals surface area contributed by atoms with Gasteiger partial charge in [0.05, 0.1) is 0 Å². The highest BCUT2D eigenvalue weighted by atomic mass is 35.5. The van der Waals surface area contributed by atoms with Crippen LogP contribution >= 0.6 is 23.4 Å². The fraction of sp³-hybridized carbons (Fsp3) is 0.238. The van der Waals surface area contributed by atoms with Gasteiger partial charge >= 0.3 is 0 Å². The Labute approximate surface area is 173 Å². The molecule has 0 spiro atoms. The van der Waals surface area contributed by atoms with E-state index in [1.807, 2.05) is 36.6 Å². The Morgan fingerprint density at radius 2 is 2.00 bits per heavy atom. The summed E-state index contributed by atoms with van der Waals surface area (Å²) in [6.07, 6.45) is 1.77. The van der Waals surface area contributed by atoms with Crippen molar-refractivity contribution in [1.29, 1.82) is 0 Å². The average molecular weight is 418 g/mol. The molecular formula is C21H21ClFN3OS. The molecule has 0 bridgehead atoms. The number of aromatic nitrogens is 3. The minimum Gasteiger partial charge on any atom is -0.485 e. The largest absolute Gasteiger partial charge is 0.485 e. The lowest BCUT2D eigenvalue weighted by atomic mass is 10.1. The summed E-state index contributed by atoms with van der Waals surface area (Å²) in [7, 11) is 0. The lowest BCUT2D eigenvalue weighted by Gasteiger charge is -2.12. The number of hydrogen-bond acceptors (Lipinski definition) is 4. The van der Waals surface area contributed by atoms with Crippen LogP contribution in [0, 0.1) is 19.7 Å². The Hall–Kier alpha value is -2.31. The molecule has 1 aromatic heterocycles. The lowest BCUT2D eigenvalue weighted by Crippen LogP contribution is -2.08. The van der Waals surface area contributed by atoms with Crippen molar-refractivity contribution in [1.82, 2.24) is 14.8 Å². The van der Waals surface area contributed by atoms with Gasteiger partial charge in [-0.3, -0.25) is 4.57 Å². The molecule has 0 aliphatic rings. The summed E-state index contributed by atoms with van der Waals surface area (Å²) >= 11 is 7.49.